The van der Waals surface area contributed by atoms with Gasteiger partial charge in [0, 0.05) is 32.0 Å². The highest BCUT2D eigenvalue weighted by atomic mass is 16.5. The second kappa shape index (κ2) is 8.78. The number of fused-ring (bicyclic) bond motifs is 1. The van der Waals surface area contributed by atoms with Crippen molar-refractivity contribution in [1.82, 2.24) is 34.4 Å². The van der Waals surface area contributed by atoms with E-state index in [0.717, 1.165) is 11.4 Å². The van der Waals surface area contributed by atoms with Crippen LogP contribution in [0.15, 0.2) is 18.7 Å². The van der Waals surface area contributed by atoms with E-state index in [1.165, 1.54) is 6.33 Å². The van der Waals surface area contributed by atoms with Crippen LogP contribution in [0.1, 0.15) is 39.9 Å². The Morgan fingerprint density at radius 3 is 2.62 bits per heavy atom. The molecule has 1 saturated heterocycles. The number of carbonyl (C=O) groups is 1. The fourth-order valence-corrected chi connectivity index (χ4v) is 4.00. The first-order valence-corrected chi connectivity index (χ1v) is 11.0. The number of morpholine rings is 1. The molecule has 10 nitrogen and oxygen atoms in total. The van der Waals surface area contributed by atoms with E-state index in [1.807, 2.05) is 44.1 Å². The molecule has 0 bridgehead atoms. The average molecular weight is 439 g/mol. The molecule has 1 aliphatic heterocycles. The minimum atomic E-state index is -0.417. The number of aryl methyl sites for hydroxylation is 2. The standard InChI is InChI=1S/C22H30N8O2/c1-6-16(21(31)29-8-9-32-22(4,5)12-29)27-18-17-20(26-13-25-18)30(7-2)19(28-17)15-10-23-14(3)24-11-15/h10-11,13,16H,6-9,12H2,1-5H3,(H,25,26,27)/t16-/m0/s1. The number of anilines is 1. The molecule has 0 aliphatic carbocycles. The highest BCUT2D eigenvalue weighted by Gasteiger charge is 2.33. The number of amides is 1. The first-order valence-electron chi connectivity index (χ1n) is 11.0. The van der Waals surface area contributed by atoms with Gasteiger partial charge in [-0.3, -0.25) is 4.79 Å². The van der Waals surface area contributed by atoms with Crippen molar-refractivity contribution in [3.8, 4) is 11.4 Å². The third kappa shape index (κ3) is 4.27. The van der Waals surface area contributed by atoms with Gasteiger partial charge in [-0.2, -0.15) is 0 Å². The summed E-state index contributed by atoms with van der Waals surface area (Å²) in [7, 11) is 0. The average Bonchev–Trinajstić information content (AvgIpc) is 3.16. The monoisotopic (exact) mass is 438 g/mol. The van der Waals surface area contributed by atoms with Crippen LogP contribution in [-0.4, -0.2) is 71.6 Å². The number of ether oxygens (including phenoxy) is 1. The van der Waals surface area contributed by atoms with Gasteiger partial charge in [0.2, 0.25) is 5.91 Å². The van der Waals surface area contributed by atoms with Gasteiger partial charge in [-0.1, -0.05) is 6.92 Å². The molecule has 1 N–H and O–H groups in total. The third-order valence-electron chi connectivity index (χ3n) is 5.64. The smallest absolute Gasteiger partial charge is 0.245 e. The molecule has 170 valence electrons. The summed E-state index contributed by atoms with van der Waals surface area (Å²) in [6, 6.07) is -0.417. The van der Waals surface area contributed by atoms with Crippen molar-refractivity contribution in [2.75, 3.05) is 25.0 Å². The Morgan fingerprint density at radius 2 is 1.97 bits per heavy atom. The summed E-state index contributed by atoms with van der Waals surface area (Å²) < 4.78 is 7.76. The number of nitrogens with one attached hydrogen (secondary N) is 1. The topological polar surface area (TPSA) is 111 Å². The van der Waals surface area contributed by atoms with Crippen molar-refractivity contribution in [2.24, 2.45) is 0 Å². The van der Waals surface area contributed by atoms with E-state index in [9.17, 15) is 4.79 Å². The summed E-state index contributed by atoms with van der Waals surface area (Å²) in [4.78, 5) is 37.4. The lowest BCUT2D eigenvalue weighted by Crippen LogP contribution is -2.54. The normalized spacial score (nSPS) is 16.8. The van der Waals surface area contributed by atoms with Crippen LogP contribution in [0.5, 0.6) is 0 Å². The van der Waals surface area contributed by atoms with Crippen molar-refractivity contribution in [3.63, 3.8) is 0 Å². The molecule has 1 amide bonds. The predicted octanol–water partition coefficient (Wildman–Crippen LogP) is 2.44. The number of hydrogen-bond acceptors (Lipinski definition) is 8. The highest BCUT2D eigenvalue weighted by molar-refractivity contribution is 5.90. The molecule has 32 heavy (non-hydrogen) atoms. The summed E-state index contributed by atoms with van der Waals surface area (Å²) in [5.41, 5.74) is 1.79. The van der Waals surface area contributed by atoms with E-state index in [2.05, 4.69) is 25.3 Å². The second-order valence-corrected chi connectivity index (χ2v) is 8.57. The van der Waals surface area contributed by atoms with Gasteiger partial charge in [-0.05, 0) is 34.1 Å². The lowest BCUT2D eigenvalue weighted by molar-refractivity contribution is -0.146. The zero-order chi connectivity index (χ0) is 22.9. The van der Waals surface area contributed by atoms with Crippen LogP contribution in [0.3, 0.4) is 0 Å². The molecule has 4 heterocycles. The minimum Gasteiger partial charge on any atom is -0.372 e. The zero-order valence-electron chi connectivity index (χ0n) is 19.3. The molecule has 4 rings (SSSR count). The molecule has 1 atom stereocenters. The molecule has 1 aliphatic rings. The van der Waals surface area contributed by atoms with Gasteiger partial charge in [0.15, 0.2) is 17.0 Å². The van der Waals surface area contributed by atoms with E-state index in [1.54, 1.807) is 12.4 Å². The summed E-state index contributed by atoms with van der Waals surface area (Å²) in [5, 5.41) is 3.33. The number of hydrogen-bond donors (Lipinski definition) is 1. The number of carbonyl (C=O) groups excluding carboxylic acids is 1. The maximum atomic E-state index is 13.3. The van der Waals surface area contributed by atoms with Crippen LogP contribution in [0.25, 0.3) is 22.6 Å². The van der Waals surface area contributed by atoms with E-state index in [0.29, 0.717) is 55.5 Å². The number of nitrogens with zero attached hydrogens (tertiary/aromatic N) is 7. The fraction of sp³-hybridized carbons (Fsp3) is 0.545. The van der Waals surface area contributed by atoms with E-state index in [4.69, 9.17) is 9.72 Å². The second-order valence-electron chi connectivity index (χ2n) is 8.57. The lowest BCUT2D eigenvalue weighted by Gasteiger charge is -2.39. The van der Waals surface area contributed by atoms with Crippen LogP contribution in [-0.2, 0) is 16.1 Å². The number of rotatable bonds is 6. The minimum absolute atomic E-state index is 0.0396. The van der Waals surface area contributed by atoms with E-state index < -0.39 is 6.04 Å². The molecular weight excluding hydrogens is 408 g/mol. The van der Waals surface area contributed by atoms with E-state index >= 15 is 0 Å². The summed E-state index contributed by atoms with van der Waals surface area (Å²) in [6.07, 6.45) is 5.64. The van der Waals surface area contributed by atoms with Crippen molar-refractivity contribution >= 4 is 22.9 Å². The lowest BCUT2D eigenvalue weighted by atomic mass is 10.1. The molecule has 0 aromatic carbocycles. The van der Waals surface area contributed by atoms with Crippen LogP contribution >= 0.6 is 0 Å². The van der Waals surface area contributed by atoms with Gasteiger partial charge < -0.3 is 19.5 Å². The molecule has 0 radical (unpaired) electrons. The van der Waals surface area contributed by atoms with Crippen LogP contribution in [0.4, 0.5) is 5.82 Å². The SMILES string of the molecule is CC[C@H](Nc1ncnc2c1nc(-c1cnc(C)nc1)n2CC)C(=O)N1CCOC(C)(C)C1. The number of aromatic nitrogens is 6. The maximum absolute atomic E-state index is 13.3. The first kappa shape index (κ1) is 22.1. The molecule has 0 unspecified atom stereocenters. The van der Waals surface area contributed by atoms with Gasteiger partial charge in [0.1, 0.15) is 24.0 Å². The summed E-state index contributed by atoms with van der Waals surface area (Å²) in [5.74, 6) is 2.01. The van der Waals surface area contributed by atoms with Gasteiger partial charge in [-0.25, -0.2) is 24.9 Å². The quantitative estimate of drug-likeness (QED) is 0.625. The molecule has 3 aromatic heterocycles. The Kier molecular flexibility index (Phi) is 6.05. The van der Waals surface area contributed by atoms with Crippen molar-refractivity contribution in [2.45, 2.75) is 59.2 Å². The van der Waals surface area contributed by atoms with Crippen LogP contribution in [0, 0.1) is 6.92 Å². The highest BCUT2D eigenvalue weighted by Crippen LogP contribution is 2.27. The van der Waals surface area contributed by atoms with Gasteiger partial charge in [-0.15, -0.1) is 0 Å². The fourth-order valence-electron chi connectivity index (χ4n) is 4.00. The van der Waals surface area contributed by atoms with Crippen LogP contribution < -0.4 is 5.32 Å². The van der Waals surface area contributed by atoms with Gasteiger partial charge >= 0.3 is 0 Å². The molecule has 3 aromatic rings. The molecule has 1 fully saturated rings. The predicted molar refractivity (Wildman–Crippen MR) is 121 cm³/mol. The largest absolute Gasteiger partial charge is 0.372 e. The Hall–Kier alpha value is -3.14. The third-order valence-corrected chi connectivity index (χ3v) is 5.64. The summed E-state index contributed by atoms with van der Waals surface area (Å²) in [6.45, 7) is 12.2. The van der Waals surface area contributed by atoms with Crippen molar-refractivity contribution in [3.05, 3.63) is 24.5 Å². The Morgan fingerprint density at radius 1 is 1.22 bits per heavy atom. The molecule has 10 heteroatoms. The Bertz CT molecular complexity index is 1110. The van der Waals surface area contributed by atoms with Gasteiger partial charge in [0.25, 0.3) is 0 Å². The summed E-state index contributed by atoms with van der Waals surface area (Å²) >= 11 is 0. The van der Waals surface area contributed by atoms with Crippen LogP contribution in [0.2, 0.25) is 0 Å². The van der Waals surface area contributed by atoms with Gasteiger partial charge in [0.05, 0.1) is 17.8 Å². The first-order chi connectivity index (χ1) is 15.3. The zero-order valence-corrected chi connectivity index (χ0v) is 19.3. The Balaban J connectivity index is 1.66. The number of imidazole rings is 1. The van der Waals surface area contributed by atoms with Crippen molar-refractivity contribution in [1.29, 1.82) is 0 Å². The maximum Gasteiger partial charge on any atom is 0.245 e. The molecule has 0 saturated carbocycles. The molecular formula is C22H30N8O2. The molecule has 0 spiro atoms. The van der Waals surface area contributed by atoms with Crippen molar-refractivity contribution < 1.29 is 9.53 Å². The van der Waals surface area contributed by atoms with E-state index in [-0.39, 0.29) is 11.5 Å². The Labute approximate surface area is 187 Å².